The van der Waals surface area contributed by atoms with E-state index in [0.717, 1.165) is 13.0 Å². The number of hydrogen-bond acceptors (Lipinski definition) is 3. The highest BCUT2D eigenvalue weighted by atomic mass is 16.3. The number of amidine groups is 1. The molecule has 0 aliphatic carbocycles. The Kier molecular flexibility index (Phi) is 5.66. The van der Waals surface area contributed by atoms with Crippen LogP contribution in [-0.4, -0.2) is 42.1 Å². The molecule has 0 heterocycles. The Labute approximate surface area is 73.9 Å². The van der Waals surface area contributed by atoms with Crippen molar-refractivity contribution >= 4 is 5.84 Å². The van der Waals surface area contributed by atoms with Crippen LogP contribution in [0.2, 0.25) is 0 Å². The predicted octanol–water partition coefficient (Wildman–Crippen LogP) is 0.0152. The van der Waals surface area contributed by atoms with Crippen LogP contribution < -0.4 is 5.73 Å². The van der Waals surface area contributed by atoms with Gasteiger partial charge in [-0.05, 0) is 26.9 Å². The normalized spacial score (nSPS) is 13.3. The molecule has 0 aromatic rings. The Morgan fingerprint density at radius 3 is 2.67 bits per heavy atom. The third-order valence-electron chi connectivity index (χ3n) is 1.56. The van der Waals surface area contributed by atoms with Gasteiger partial charge in [0.05, 0.1) is 11.9 Å². The number of nitrogens with zero attached hydrogens (tertiary/aromatic N) is 1. The van der Waals surface area contributed by atoms with Gasteiger partial charge < -0.3 is 15.7 Å². The van der Waals surface area contributed by atoms with Crippen molar-refractivity contribution in [1.82, 2.24) is 4.90 Å². The van der Waals surface area contributed by atoms with Gasteiger partial charge in [0.15, 0.2) is 0 Å². The molecule has 0 aromatic carbocycles. The van der Waals surface area contributed by atoms with E-state index in [1.54, 1.807) is 6.92 Å². The van der Waals surface area contributed by atoms with E-state index in [1.807, 2.05) is 11.9 Å². The molecule has 0 saturated carbocycles. The molecule has 0 aromatic heterocycles. The standard InChI is InChI=1S/C8H19N3O/c1-7(12)6-11(2)5-3-4-8(9)10/h7,12H,3-6H2,1-2H3,(H3,9,10). The fourth-order valence-electron chi connectivity index (χ4n) is 1.08. The zero-order chi connectivity index (χ0) is 9.56. The summed E-state index contributed by atoms with van der Waals surface area (Å²) in [7, 11) is 1.95. The van der Waals surface area contributed by atoms with Crippen molar-refractivity contribution in [2.45, 2.75) is 25.9 Å². The van der Waals surface area contributed by atoms with Gasteiger partial charge in [-0.3, -0.25) is 5.41 Å². The van der Waals surface area contributed by atoms with Gasteiger partial charge in [-0.15, -0.1) is 0 Å². The summed E-state index contributed by atoms with van der Waals surface area (Å²) in [5.41, 5.74) is 5.20. The topological polar surface area (TPSA) is 73.3 Å². The molecule has 0 fully saturated rings. The van der Waals surface area contributed by atoms with E-state index in [2.05, 4.69) is 0 Å². The molecule has 72 valence electrons. The first kappa shape index (κ1) is 11.4. The Bertz CT molecular complexity index is 136. The van der Waals surface area contributed by atoms with Crippen LogP contribution >= 0.6 is 0 Å². The summed E-state index contributed by atoms with van der Waals surface area (Å²) in [6.45, 7) is 3.32. The highest BCUT2D eigenvalue weighted by Gasteiger charge is 2.01. The lowest BCUT2D eigenvalue weighted by Gasteiger charge is -2.17. The molecule has 4 nitrogen and oxygen atoms in total. The maximum Gasteiger partial charge on any atom is 0.0905 e. The van der Waals surface area contributed by atoms with Crippen molar-refractivity contribution in [3.63, 3.8) is 0 Å². The molecule has 0 aliphatic rings. The van der Waals surface area contributed by atoms with Crippen molar-refractivity contribution in [3.8, 4) is 0 Å². The zero-order valence-electron chi connectivity index (χ0n) is 7.88. The molecule has 0 amide bonds. The van der Waals surface area contributed by atoms with E-state index in [0.29, 0.717) is 13.0 Å². The van der Waals surface area contributed by atoms with Crippen LogP contribution in [-0.2, 0) is 0 Å². The van der Waals surface area contributed by atoms with Crippen LogP contribution in [0.4, 0.5) is 0 Å². The fraction of sp³-hybridized carbons (Fsp3) is 0.875. The number of nitrogens with two attached hydrogens (primary N) is 1. The number of aliphatic hydroxyl groups excluding tert-OH is 1. The molecule has 1 atom stereocenters. The Morgan fingerprint density at radius 1 is 1.67 bits per heavy atom. The van der Waals surface area contributed by atoms with Gasteiger partial charge in [-0.2, -0.15) is 0 Å². The number of hydrogen-bond donors (Lipinski definition) is 3. The number of rotatable bonds is 6. The first-order chi connectivity index (χ1) is 5.52. The minimum Gasteiger partial charge on any atom is -0.392 e. The summed E-state index contributed by atoms with van der Waals surface area (Å²) in [6.07, 6.45) is 1.25. The first-order valence-corrected chi connectivity index (χ1v) is 4.22. The average Bonchev–Trinajstić information content (AvgIpc) is 1.84. The molecule has 0 saturated heterocycles. The van der Waals surface area contributed by atoms with Gasteiger partial charge in [0, 0.05) is 13.0 Å². The summed E-state index contributed by atoms with van der Waals surface area (Å²) in [5, 5.41) is 16.0. The molecule has 4 N–H and O–H groups in total. The second kappa shape index (κ2) is 5.97. The van der Waals surface area contributed by atoms with E-state index in [1.165, 1.54) is 0 Å². The minimum absolute atomic E-state index is 0.237. The van der Waals surface area contributed by atoms with Crippen LogP contribution in [0.15, 0.2) is 0 Å². The maximum absolute atomic E-state index is 9.02. The Balaban J connectivity index is 3.31. The summed E-state index contributed by atoms with van der Waals surface area (Å²) in [6, 6.07) is 0. The van der Waals surface area contributed by atoms with Crippen molar-refractivity contribution < 1.29 is 5.11 Å². The smallest absolute Gasteiger partial charge is 0.0905 e. The fourth-order valence-corrected chi connectivity index (χ4v) is 1.08. The SMILES string of the molecule is CC(O)CN(C)CCCC(=N)N. The predicted molar refractivity (Wildman–Crippen MR) is 50.3 cm³/mol. The van der Waals surface area contributed by atoms with Crippen LogP contribution in [0.5, 0.6) is 0 Å². The lowest BCUT2D eigenvalue weighted by atomic mass is 10.2. The van der Waals surface area contributed by atoms with Gasteiger partial charge >= 0.3 is 0 Å². The van der Waals surface area contributed by atoms with E-state index < -0.39 is 0 Å². The van der Waals surface area contributed by atoms with Gasteiger partial charge in [0.2, 0.25) is 0 Å². The Morgan fingerprint density at radius 2 is 2.25 bits per heavy atom. The van der Waals surface area contributed by atoms with Crippen molar-refractivity contribution in [2.75, 3.05) is 20.1 Å². The summed E-state index contributed by atoms with van der Waals surface area (Å²) in [5.74, 6) is 0.237. The molecular weight excluding hydrogens is 154 g/mol. The van der Waals surface area contributed by atoms with E-state index in [4.69, 9.17) is 16.2 Å². The maximum atomic E-state index is 9.02. The molecule has 0 radical (unpaired) electrons. The number of aliphatic hydroxyl groups is 1. The lowest BCUT2D eigenvalue weighted by Crippen LogP contribution is -2.28. The van der Waals surface area contributed by atoms with Gasteiger partial charge in [-0.25, -0.2) is 0 Å². The molecule has 12 heavy (non-hydrogen) atoms. The first-order valence-electron chi connectivity index (χ1n) is 4.22. The lowest BCUT2D eigenvalue weighted by molar-refractivity contribution is 0.141. The monoisotopic (exact) mass is 173 g/mol. The van der Waals surface area contributed by atoms with Crippen LogP contribution in [0.1, 0.15) is 19.8 Å². The van der Waals surface area contributed by atoms with E-state index in [-0.39, 0.29) is 11.9 Å². The van der Waals surface area contributed by atoms with Gasteiger partial charge in [0.25, 0.3) is 0 Å². The largest absolute Gasteiger partial charge is 0.392 e. The van der Waals surface area contributed by atoms with E-state index in [9.17, 15) is 0 Å². The van der Waals surface area contributed by atoms with Crippen molar-refractivity contribution in [1.29, 1.82) is 5.41 Å². The van der Waals surface area contributed by atoms with Crippen LogP contribution in [0, 0.1) is 5.41 Å². The molecule has 0 bridgehead atoms. The molecule has 0 rings (SSSR count). The quantitative estimate of drug-likeness (QED) is 0.391. The van der Waals surface area contributed by atoms with E-state index >= 15 is 0 Å². The molecular formula is C8H19N3O. The highest BCUT2D eigenvalue weighted by Crippen LogP contribution is 1.93. The number of nitrogens with one attached hydrogen (secondary N) is 1. The second-order valence-electron chi connectivity index (χ2n) is 3.24. The Hall–Kier alpha value is -0.610. The zero-order valence-corrected chi connectivity index (χ0v) is 7.88. The van der Waals surface area contributed by atoms with Gasteiger partial charge in [0.1, 0.15) is 0 Å². The molecule has 4 heteroatoms. The van der Waals surface area contributed by atoms with Crippen molar-refractivity contribution in [3.05, 3.63) is 0 Å². The second-order valence-corrected chi connectivity index (χ2v) is 3.24. The van der Waals surface area contributed by atoms with Crippen LogP contribution in [0.3, 0.4) is 0 Å². The third-order valence-corrected chi connectivity index (χ3v) is 1.56. The van der Waals surface area contributed by atoms with Crippen molar-refractivity contribution in [2.24, 2.45) is 5.73 Å². The summed E-state index contributed by atoms with van der Waals surface area (Å²) < 4.78 is 0. The number of likely N-dealkylation sites (N-methyl/N-ethyl adjacent to an activating group) is 1. The molecule has 0 spiro atoms. The summed E-state index contributed by atoms with van der Waals surface area (Å²) >= 11 is 0. The molecule has 1 unspecified atom stereocenters. The molecule has 0 aliphatic heterocycles. The van der Waals surface area contributed by atoms with Crippen LogP contribution in [0.25, 0.3) is 0 Å². The summed E-state index contributed by atoms with van der Waals surface area (Å²) in [4.78, 5) is 2.04. The minimum atomic E-state index is -0.285. The van der Waals surface area contributed by atoms with Gasteiger partial charge in [-0.1, -0.05) is 0 Å². The average molecular weight is 173 g/mol. The third kappa shape index (κ3) is 7.50. The highest BCUT2D eigenvalue weighted by molar-refractivity contribution is 5.76.